The van der Waals surface area contributed by atoms with Crippen LogP contribution >= 0.6 is 11.6 Å². The van der Waals surface area contributed by atoms with Crippen molar-refractivity contribution in [2.45, 2.75) is 0 Å². The third-order valence-corrected chi connectivity index (χ3v) is 3.21. The average Bonchev–Trinajstić information content (AvgIpc) is 2.47. The molecule has 0 N–H and O–H groups in total. The molecule has 3 rings (SSSR count). The maximum absolute atomic E-state index is 13.9. The second-order valence-corrected chi connectivity index (χ2v) is 4.47. The van der Waals surface area contributed by atoms with E-state index in [0.29, 0.717) is 10.8 Å². The van der Waals surface area contributed by atoms with E-state index in [2.05, 4.69) is 10.2 Å². The second kappa shape index (κ2) is 4.76. The number of aromatic nitrogens is 2. The van der Waals surface area contributed by atoms with E-state index in [1.54, 1.807) is 24.3 Å². The third kappa shape index (κ3) is 1.91. The lowest BCUT2D eigenvalue weighted by Crippen LogP contribution is -1.98. The van der Waals surface area contributed by atoms with E-state index in [1.165, 1.54) is 0 Å². The minimum Gasteiger partial charge on any atom is -0.204 e. The fourth-order valence-corrected chi connectivity index (χ4v) is 2.18. The Labute approximate surface area is 116 Å². The Morgan fingerprint density at radius 1 is 0.800 bits per heavy atom. The zero-order valence-electron chi connectivity index (χ0n) is 9.87. The van der Waals surface area contributed by atoms with Crippen molar-refractivity contribution in [1.29, 1.82) is 0 Å². The largest absolute Gasteiger partial charge is 0.204 e. The molecule has 0 saturated heterocycles. The van der Waals surface area contributed by atoms with Gasteiger partial charge in [-0.05, 0) is 12.1 Å². The smallest absolute Gasteiger partial charge is 0.195 e. The van der Waals surface area contributed by atoms with E-state index in [9.17, 15) is 13.2 Å². The van der Waals surface area contributed by atoms with Crippen LogP contribution in [0.1, 0.15) is 0 Å². The van der Waals surface area contributed by atoms with Gasteiger partial charge >= 0.3 is 0 Å². The first-order valence-corrected chi connectivity index (χ1v) is 6.02. The summed E-state index contributed by atoms with van der Waals surface area (Å²) in [6.07, 6.45) is 0. The van der Waals surface area contributed by atoms with Crippen molar-refractivity contribution in [2.75, 3.05) is 0 Å². The topological polar surface area (TPSA) is 25.8 Å². The van der Waals surface area contributed by atoms with Crippen molar-refractivity contribution in [3.63, 3.8) is 0 Å². The van der Waals surface area contributed by atoms with Gasteiger partial charge in [0, 0.05) is 16.3 Å². The Morgan fingerprint density at radius 2 is 1.50 bits per heavy atom. The summed E-state index contributed by atoms with van der Waals surface area (Å²) in [5, 5.41) is 8.74. The average molecular weight is 295 g/mol. The Balaban J connectivity index is 2.36. The van der Waals surface area contributed by atoms with Crippen LogP contribution in [0.25, 0.3) is 22.0 Å². The molecule has 0 bridgehead atoms. The quantitative estimate of drug-likeness (QED) is 0.623. The fraction of sp³-hybridized carbons (Fsp3) is 0. The monoisotopic (exact) mass is 294 g/mol. The first kappa shape index (κ1) is 12.9. The van der Waals surface area contributed by atoms with Crippen molar-refractivity contribution < 1.29 is 13.2 Å². The summed E-state index contributed by atoms with van der Waals surface area (Å²) in [6, 6.07) is 8.76. The summed E-state index contributed by atoms with van der Waals surface area (Å²) in [6.45, 7) is 0. The SMILES string of the molecule is Fc1ccc(-c2nnc(Cl)c3ccccc23)c(F)c1F. The van der Waals surface area contributed by atoms with Crippen LogP contribution in [0.2, 0.25) is 5.15 Å². The molecule has 0 aliphatic rings. The minimum absolute atomic E-state index is 0.112. The van der Waals surface area contributed by atoms with E-state index >= 15 is 0 Å². The third-order valence-electron chi connectivity index (χ3n) is 2.93. The van der Waals surface area contributed by atoms with Gasteiger partial charge in [-0.2, -0.15) is 0 Å². The van der Waals surface area contributed by atoms with E-state index in [4.69, 9.17) is 11.6 Å². The summed E-state index contributed by atoms with van der Waals surface area (Å²) in [5.74, 6) is -4.09. The lowest BCUT2D eigenvalue weighted by atomic mass is 10.0. The zero-order valence-corrected chi connectivity index (χ0v) is 10.6. The molecule has 6 heteroatoms. The molecule has 0 atom stereocenters. The molecule has 0 aliphatic carbocycles. The first-order valence-electron chi connectivity index (χ1n) is 5.64. The van der Waals surface area contributed by atoms with Crippen molar-refractivity contribution in [3.05, 3.63) is 59.0 Å². The molecule has 0 saturated carbocycles. The van der Waals surface area contributed by atoms with E-state index in [0.717, 1.165) is 12.1 Å². The number of hydrogen-bond donors (Lipinski definition) is 0. The van der Waals surface area contributed by atoms with Crippen LogP contribution in [0.4, 0.5) is 13.2 Å². The number of fused-ring (bicyclic) bond motifs is 1. The van der Waals surface area contributed by atoms with E-state index < -0.39 is 17.5 Å². The molecular formula is C14H6ClF3N2. The van der Waals surface area contributed by atoms with Gasteiger partial charge in [-0.25, -0.2) is 13.2 Å². The fourth-order valence-electron chi connectivity index (χ4n) is 1.98. The van der Waals surface area contributed by atoms with Crippen LogP contribution in [0.3, 0.4) is 0 Å². The molecular weight excluding hydrogens is 289 g/mol. The second-order valence-electron chi connectivity index (χ2n) is 4.11. The normalized spacial score (nSPS) is 11.0. The van der Waals surface area contributed by atoms with Crippen LogP contribution in [0.15, 0.2) is 36.4 Å². The molecule has 1 heterocycles. The molecule has 0 spiro atoms. The van der Waals surface area contributed by atoms with Crippen LogP contribution in [0.5, 0.6) is 0 Å². The van der Waals surface area contributed by atoms with Crippen LogP contribution in [-0.2, 0) is 0 Å². The highest BCUT2D eigenvalue weighted by Gasteiger charge is 2.18. The lowest BCUT2D eigenvalue weighted by molar-refractivity contribution is 0.449. The molecule has 100 valence electrons. The molecule has 20 heavy (non-hydrogen) atoms. The molecule has 0 unspecified atom stereocenters. The van der Waals surface area contributed by atoms with E-state index in [-0.39, 0.29) is 16.4 Å². The highest BCUT2D eigenvalue weighted by molar-refractivity contribution is 6.34. The highest BCUT2D eigenvalue weighted by atomic mass is 35.5. The Hall–Kier alpha value is -2.14. The van der Waals surface area contributed by atoms with Gasteiger partial charge in [0.05, 0.1) is 0 Å². The number of nitrogens with zero attached hydrogens (tertiary/aromatic N) is 2. The van der Waals surface area contributed by atoms with Gasteiger partial charge in [0.1, 0.15) is 5.69 Å². The van der Waals surface area contributed by atoms with Crippen molar-refractivity contribution in [2.24, 2.45) is 0 Å². The van der Waals surface area contributed by atoms with E-state index in [1.807, 2.05) is 0 Å². The van der Waals surface area contributed by atoms with Crippen LogP contribution in [-0.4, -0.2) is 10.2 Å². The Morgan fingerprint density at radius 3 is 2.25 bits per heavy atom. The summed E-state index contributed by atoms with van der Waals surface area (Å²) >= 11 is 5.91. The van der Waals surface area contributed by atoms with Crippen molar-refractivity contribution in [3.8, 4) is 11.3 Å². The molecule has 0 fully saturated rings. The van der Waals surface area contributed by atoms with Crippen molar-refractivity contribution in [1.82, 2.24) is 10.2 Å². The molecule has 2 aromatic carbocycles. The number of rotatable bonds is 1. The molecule has 0 radical (unpaired) electrons. The zero-order chi connectivity index (χ0) is 14.3. The van der Waals surface area contributed by atoms with Gasteiger partial charge in [-0.1, -0.05) is 35.9 Å². The number of halogens is 4. The predicted molar refractivity (Wildman–Crippen MR) is 69.9 cm³/mol. The van der Waals surface area contributed by atoms with Gasteiger partial charge in [0.25, 0.3) is 0 Å². The number of hydrogen-bond acceptors (Lipinski definition) is 2. The predicted octanol–water partition coefficient (Wildman–Crippen LogP) is 4.37. The van der Waals surface area contributed by atoms with Gasteiger partial charge in [0.15, 0.2) is 22.6 Å². The summed E-state index contributed by atoms with van der Waals surface area (Å²) in [7, 11) is 0. The van der Waals surface area contributed by atoms with Gasteiger partial charge in [-0.3, -0.25) is 0 Å². The first-order chi connectivity index (χ1) is 9.59. The van der Waals surface area contributed by atoms with Crippen molar-refractivity contribution >= 4 is 22.4 Å². The molecule has 2 nitrogen and oxygen atoms in total. The maximum atomic E-state index is 13.9. The summed E-state index contributed by atoms with van der Waals surface area (Å²) in [4.78, 5) is 0. The lowest BCUT2D eigenvalue weighted by Gasteiger charge is -2.07. The standard InChI is InChI=1S/C14H6ClF3N2/c15-14-8-4-2-1-3-7(8)13(19-20-14)9-5-6-10(16)12(18)11(9)17/h1-6H. The summed E-state index contributed by atoms with van der Waals surface area (Å²) in [5.41, 5.74) is -0.0503. The van der Waals surface area contributed by atoms with Gasteiger partial charge in [-0.15, -0.1) is 10.2 Å². The molecule has 3 aromatic rings. The highest BCUT2D eigenvalue weighted by Crippen LogP contribution is 2.32. The molecule has 0 amide bonds. The van der Waals surface area contributed by atoms with Crippen LogP contribution < -0.4 is 0 Å². The summed E-state index contributed by atoms with van der Waals surface area (Å²) < 4.78 is 40.2. The minimum atomic E-state index is -1.54. The van der Waals surface area contributed by atoms with Gasteiger partial charge in [0.2, 0.25) is 0 Å². The maximum Gasteiger partial charge on any atom is 0.195 e. The number of benzene rings is 2. The van der Waals surface area contributed by atoms with Crippen LogP contribution in [0, 0.1) is 17.5 Å². The van der Waals surface area contributed by atoms with Gasteiger partial charge < -0.3 is 0 Å². The Bertz CT molecular complexity index is 821. The Kier molecular flexibility index (Phi) is 3.06. The molecule has 0 aliphatic heterocycles. The molecule has 1 aromatic heterocycles.